The van der Waals surface area contributed by atoms with Crippen molar-refractivity contribution in [3.8, 4) is 11.5 Å². The largest absolute Gasteiger partial charge is 0.441 e. The van der Waals surface area contributed by atoms with E-state index in [9.17, 15) is 9.59 Å². The van der Waals surface area contributed by atoms with Gasteiger partial charge in [-0.15, -0.1) is 0 Å². The van der Waals surface area contributed by atoms with E-state index in [4.69, 9.17) is 16.0 Å². The monoisotopic (exact) mass is 435 g/mol. The smallest absolute Gasteiger partial charge is 0.263 e. The van der Waals surface area contributed by atoms with Gasteiger partial charge in [-0.3, -0.25) is 14.6 Å². The molecule has 0 radical (unpaired) electrons. The zero-order valence-corrected chi connectivity index (χ0v) is 17.6. The highest BCUT2D eigenvalue weighted by molar-refractivity contribution is 6.31. The van der Waals surface area contributed by atoms with Crippen LogP contribution < -0.4 is 4.90 Å². The fourth-order valence-corrected chi connectivity index (χ4v) is 4.06. The molecule has 0 spiro atoms. The second-order valence-corrected chi connectivity index (χ2v) is 7.96. The molecule has 2 atom stereocenters. The van der Waals surface area contributed by atoms with Gasteiger partial charge in [-0.1, -0.05) is 41.1 Å². The van der Waals surface area contributed by atoms with Crippen LogP contribution in [0.5, 0.6) is 0 Å². The molecule has 3 aromatic rings. The van der Waals surface area contributed by atoms with Crippen LogP contribution in [-0.2, 0) is 16.1 Å². The molecule has 0 bridgehead atoms. The van der Waals surface area contributed by atoms with Crippen LogP contribution in [0.2, 0.25) is 5.02 Å². The highest BCUT2D eigenvalue weighted by Crippen LogP contribution is 2.34. The minimum atomic E-state index is -0.880. The van der Waals surface area contributed by atoms with Crippen molar-refractivity contribution in [1.82, 2.24) is 9.99 Å². The Morgan fingerprint density at radius 1 is 1.06 bits per heavy atom. The maximum Gasteiger partial charge on any atom is 0.263 e. The van der Waals surface area contributed by atoms with Crippen LogP contribution in [-0.4, -0.2) is 33.9 Å². The lowest BCUT2D eigenvalue weighted by Gasteiger charge is -2.20. The quantitative estimate of drug-likeness (QED) is 0.575. The summed E-state index contributed by atoms with van der Waals surface area (Å²) in [5.74, 6) is 0.330. The number of halogens is 1. The van der Waals surface area contributed by atoms with Crippen LogP contribution >= 0.6 is 11.6 Å². The Morgan fingerprint density at radius 3 is 2.65 bits per heavy atom. The van der Waals surface area contributed by atoms with E-state index in [1.54, 1.807) is 24.3 Å². The van der Waals surface area contributed by atoms with Crippen LogP contribution in [0.1, 0.15) is 17.0 Å². The van der Waals surface area contributed by atoms with Gasteiger partial charge in [0, 0.05) is 10.6 Å². The molecule has 8 nitrogen and oxygen atoms in total. The fraction of sp³-hybridized carbons (Fsp3) is 0.227. The van der Waals surface area contributed by atoms with Crippen LogP contribution in [0, 0.1) is 13.8 Å². The third-order valence-corrected chi connectivity index (χ3v) is 5.74. The maximum atomic E-state index is 13.1. The molecule has 2 amide bonds. The van der Waals surface area contributed by atoms with Crippen molar-refractivity contribution in [1.29, 1.82) is 0 Å². The van der Waals surface area contributed by atoms with Gasteiger partial charge in [-0.2, -0.15) is 5.11 Å². The average Bonchev–Trinajstić information content (AvgIpc) is 3.39. The van der Waals surface area contributed by atoms with Crippen molar-refractivity contribution in [3.63, 3.8) is 0 Å². The van der Waals surface area contributed by atoms with E-state index >= 15 is 0 Å². The first-order valence-corrected chi connectivity index (χ1v) is 10.1. The summed E-state index contributed by atoms with van der Waals surface area (Å²) >= 11 is 6.04. The van der Waals surface area contributed by atoms with E-state index in [-0.39, 0.29) is 12.5 Å². The van der Waals surface area contributed by atoms with Gasteiger partial charge >= 0.3 is 0 Å². The van der Waals surface area contributed by atoms with Crippen LogP contribution in [0.3, 0.4) is 0 Å². The third kappa shape index (κ3) is 3.19. The maximum absolute atomic E-state index is 13.1. The van der Waals surface area contributed by atoms with Gasteiger partial charge in [0.05, 0.1) is 12.2 Å². The number of imide groups is 1. The zero-order chi connectivity index (χ0) is 21.7. The van der Waals surface area contributed by atoms with Crippen molar-refractivity contribution in [3.05, 3.63) is 70.6 Å². The number of aromatic nitrogens is 1. The summed E-state index contributed by atoms with van der Waals surface area (Å²) in [7, 11) is 0. The minimum absolute atomic E-state index is 0.203. The summed E-state index contributed by atoms with van der Waals surface area (Å²) in [6.45, 7) is 4.00. The molecular weight excluding hydrogens is 418 g/mol. The molecule has 2 aliphatic rings. The SMILES string of the molecule is Cc1ccccc1-c1nc(CN2N=N[C@H]3C(=O)N(c4cccc(Cl)c4)C(=O)[C@@H]32)c(C)o1. The topological polar surface area (TPSA) is 91.4 Å². The van der Waals surface area contributed by atoms with Crippen LogP contribution in [0.25, 0.3) is 11.5 Å². The molecule has 9 heteroatoms. The Hall–Kier alpha value is -3.52. The summed E-state index contributed by atoms with van der Waals surface area (Å²) in [5, 5.41) is 10.1. The molecule has 1 fully saturated rings. The highest BCUT2D eigenvalue weighted by atomic mass is 35.5. The lowest BCUT2D eigenvalue weighted by Crippen LogP contribution is -2.39. The molecule has 3 heterocycles. The van der Waals surface area contributed by atoms with Gasteiger partial charge in [0.1, 0.15) is 11.5 Å². The van der Waals surface area contributed by atoms with Crippen LogP contribution in [0.4, 0.5) is 5.69 Å². The molecule has 0 N–H and O–H groups in total. The Labute approximate surface area is 183 Å². The Balaban J connectivity index is 1.41. The first kappa shape index (κ1) is 19.4. The number of benzene rings is 2. The summed E-state index contributed by atoms with van der Waals surface area (Å²) in [6, 6.07) is 12.7. The van der Waals surface area contributed by atoms with E-state index < -0.39 is 18.0 Å². The molecular formula is C22H18ClN5O3. The number of rotatable bonds is 4. The number of nitrogens with zero attached hydrogens (tertiary/aromatic N) is 5. The first-order chi connectivity index (χ1) is 14.9. The van der Waals surface area contributed by atoms with E-state index in [0.717, 1.165) is 16.0 Å². The molecule has 156 valence electrons. The number of carbonyl (C=O) groups is 2. The van der Waals surface area contributed by atoms with Crippen molar-refractivity contribution >= 4 is 29.1 Å². The van der Waals surface area contributed by atoms with Gasteiger partial charge in [-0.25, -0.2) is 9.88 Å². The lowest BCUT2D eigenvalue weighted by atomic mass is 10.1. The summed E-state index contributed by atoms with van der Waals surface area (Å²) in [5.41, 5.74) is 3.01. The molecule has 0 aliphatic carbocycles. The van der Waals surface area contributed by atoms with Gasteiger partial charge in [-0.05, 0) is 43.7 Å². The second-order valence-electron chi connectivity index (χ2n) is 7.52. The number of fused-ring (bicyclic) bond motifs is 1. The normalized spacial score (nSPS) is 20.1. The van der Waals surface area contributed by atoms with E-state index in [1.807, 2.05) is 38.1 Å². The number of carbonyl (C=O) groups excluding carboxylic acids is 2. The highest BCUT2D eigenvalue weighted by Gasteiger charge is 2.55. The van der Waals surface area contributed by atoms with Gasteiger partial charge in [0.2, 0.25) is 5.89 Å². The van der Waals surface area contributed by atoms with Crippen LogP contribution in [0.15, 0.2) is 63.3 Å². The Kier molecular flexibility index (Phi) is 4.59. The predicted octanol–water partition coefficient (Wildman–Crippen LogP) is 4.11. The number of hydrogen-bond acceptors (Lipinski definition) is 7. The summed E-state index contributed by atoms with van der Waals surface area (Å²) in [4.78, 5) is 31.7. The number of oxazole rings is 1. The van der Waals surface area contributed by atoms with E-state index in [1.165, 1.54) is 5.01 Å². The molecule has 1 aromatic heterocycles. The number of amides is 2. The van der Waals surface area contributed by atoms with E-state index in [2.05, 4.69) is 15.3 Å². The van der Waals surface area contributed by atoms with E-state index in [0.29, 0.717) is 28.1 Å². The zero-order valence-electron chi connectivity index (χ0n) is 16.8. The lowest BCUT2D eigenvalue weighted by molar-refractivity contribution is -0.123. The minimum Gasteiger partial charge on any atom is -0.441 e. The second kappa shape index (κ2) is 7.31. The van der Waals surface area contributed by atoms with Crippen molar-refractivity contribution < 1.29 is 14.0 Å². The molecule has 2 aromatic carbocycles. The molecule has 2 aliphatic heterocycles. The number of hydrogen-bond donors (Lipinski definition) is 0. The molecule has 0 saturated carbocycles. The number of anilines is 1. The molecule has 31 heavy (non-hydrogen) atoms. The first-order valence-electron chi connectivity index (χ1n) is 9.77. The Bertz CT molecular complexity index is 1240. The van der Waals surface area contributed by atoms with Crippen molar-refractivity contribution in [2.45, 2.75) is 32.5 Å². The van der Waals surface area contributed by atoms with Crippen molar-refractivity contribution in [2.75, 3.05) is 4.90 Å². The number of aryl methyl sites for hydroxylation is 2. The predicted molar refractivity (Wildman–Crippen MR) is 113 cm³/mol. The Morgan fingerprint density at radius 2 is 1.87 bits per heavy atom. The molecule has 1 saturated heterocycles. The average molecular weight is 436 g/mol. The van der Waals surface area contributed by atoms with Crippen molar-refractivity contribution in [2.24, 2.45) is 10.3 Å². The fourth-order valence-electron chi connectivity index (χ4n) is 3.88. The summed E-state index contributed by atoms with van der Waals surface area (Å²) < 4.78 is 5.87. The molecule has 0 unspecified atom stereocenters. The van der Waals surface area contributed by atoms with Gasteiger partial charge in [0.15, 0.2) is 12.1 Å². The molecule has 5 rings (SSSR count). The summed E-state index contributed by atoms with van der Waals surface area (Å²) in [6.07, 6.45) is 0. The standard InChI is InChI=1S/C22H18ClN5O3/c1-12-6-3-4-9-16(12)20-24-17(13(2)31-20)11-27-19-18(25-26-27)21(29)28(22(19)30)15-8-5-7-14(23)10-15/h3-10,18-19H,11H2,1-2H3/t18-,19-/m1/s1. The third-order valence-electron chi connectivity index (χ3n) is 5.50. The van der Waals surface area contributed by atoms with Gasteiger partial charge < -0.3 is 4.42 Å². The van der Waals surface area contributed by atoms with Gasteiger partial charge in [0.25, 0.3) is 11.8 Å².